The number of allylic oxidation sites excluding steroid dienone is 2. The average molecular weight is 274 g/mol. The van der Waals surface area contributed by atoms with Gasteiger partial charge in [-0.05, 0) is 30.5 Å². The van der Waals surface area contributed by atoms with Gasteiger partial charge in [0.15, 0.2) is 5.82 Å². The summed E-state index contributed by atoms with van der Waals surface area (Å²) >= 11 is 5.94. The van der Waals surface area contributed by atoms with Gasteiger partial charge in [-0.25, -0.2) is 0 Å². The molecule has 0 atom stereocenters. The summed E-state index contributed by atoms with van der Waals surface area (Å²) in [6.45, 7) is 1.49. The third-order valence-electron chi connectivity index (χ3n) is 2.77. The van der Waals surface area contributed by atoms with E-state index < -0.39 is 0 Å². The lowest BCUT2D eigenvalue weighted by atomic mass is 10.2. The largest absolute Gasteiger partial charge is 0.366 e. The maximum Gasteiger partial charge on any atom is 0.258 e. The molecule has 0 unspecified atom stereocenters. The van der Waals surface area contributed by atoms with Crippen LogP contribution in [0, 0.1) is 0 Å². The van der Waals surface area contributed by atoms with Crippen molar-refractivity contribution in [2.24, 2.45) is 0 Å². The molecule has 0 radical (unpaired) electrons. The van der Waals surface area contributed by atoms with E-state index in [4.69, 9.17) is 16.1 Å². The minimum atomic E-state index is 0.494. The summed E-state index contributed by atoms with van der Waals surface area (Å²) in [5, 5.41) is 4.64. The van der Waals surface area contributed by atoms with E-state index in [1.54, 1.807) is 0 Å². The van der Waals surface area contributed by atoms with Gasteiger partial charge in [0.25, 0.3) is 5.89 Å². The van der Waals surface area contributed by atoms with Crippen molar-refractivity contribution in [1.29, 1.82) is 0 Å². The van der Waals surface area contributed by atoms with Crippen molar-refractivity contribution in [1.82, 2.24) is 15.0 Å². The molecule has 0 spiro atoms. The molecule has 0 saturated carbocycles. The SMILES string of the molecule is Clc1cccc(-c2nc(CN3C=CC=CC3)no2)c1. The van der Waals surface area contributed by atoms with Crippen molar-refractivity contribution in [2.75, 3.05) is 6.54 Å². The zero-order valence-electron chi connectivity index (χ0n) is 10.2. The third-order valence-corrected chi connectivity index (χ3v) is 3.00. The average Bonchev–Trinajstić information content (AvgIpc) is 2.88. The van der Waals surface area contributed by atoms with Crippen LogP contribution in [-0.4, -0.2) is 21.6 Å². The summed E-state index contributed by atoms with van der Waals surface area (Å²) in [4.78, 5) is 6.48. The summed E-state index contributed by atoms with van der Waals surface area (Å²) in [7, 11) is 0. The van der Waals surface area contributed by atoms with Gasteiger partial charge in [0.05, 0.1) is 6.54 Å². The molecule has 0 saturated heterocycles. The van der Waals surface area contributed by atoms with Gasteiger partial charge in [-0.3, -0.25) is 0 Å². The Kier molecular flexibility index (Phi) is 3.33. The summed E-state index contributed by atoms with van der Waals surface area (Å²) in [5.41, 5.74) is 0.834. The van der Waals surface area contributed by atoms with Crippen LogP contribution in [0.25, 0.3) is 11.5 Å². The van der Waals surface area contributed by atoms with Gasteiger partial charge < -0.3 is 9.42 Å². The van der Waals surface area contributed by atoms with Crippen molar-refractivity contribution >= 4 is 11.6 Å². The molecule has 96 valence electrons. The minimum Gasteiger partial charge on any atom is -0.366 e. The predicted octanol–water partition coefficient (Wildman–Crippen LogP) is 3.28. The molecule has 19 heavy (non-hydrogen) atoms. The Morgan fingerprint density at radius 1 is 1.32 bits per heavy atom. The molecule has 4 nitrogen and oxygen atoms in total. The zero-order valence-corrected chi connectivity index (χ0v) is 10.9. The minimum absolute atomic E-state index is 0.494. The highest BCUT2D eigenvalue weighted by Crippen LogP contribution is 2.21. The van der Waals surface area contributed by atoms with Crippen molar-refractivity contribution in [2.45, 2.75) is 6.54 Å². The van der Waals surface area contributed by atoms with Crippen LogP contribution in [0.1, 0.15) is 5.82 Å². The van der Waals surface area contributed by atoms with Crippen molar-refractivity contribution in [3.63, 3.8) is 0 Å². The highest BCUT2D eigenvalue weighted by Gasteiger charge is 2.11. The van der Waals surface area contributed by atoms with Gasteiger partial charge in [-0.2, -0.15) is 4.98 Å². The molecule has 1 aliphatic heterocycles. The fourth-order valence-electron chi connectivity index (χ4n) is 1.86. The molecule has 0 aliphatic carbocycles. The molecule has 0 amide bonds. The first-order chi connectivity index (χ1) is 9.31. The van der Waals surface area contributed by atoms with Crippen LogP contribution in [-0.2, 0) is 6.54 Å². The Labute approximate surface area is 116 Å². The fourth-order valence-corrected chi connectivity index (χ4v) is 2.05. The van der Waals surface area contributed by atoms with E-state index in [0.29, 0.717) is 23.3 Å². The number of halogens is 1. The lowest BCUT2D eigenvalue weighted by molar-refractivity contribution is 0.368. The van der Waals surface area contributed by atoms with Gasteiger partial charge in [0.1, 0.15) is 0 Å². The molecule has 0 fully saturated rings. The van der Waals surface area contributed by atoms with E-state index >= 15 is 0 Å². The van der Waals surface area contributed by atoms with E-state index in [9.17, 15) is 0 Å². The number of hydrogen-bond donors (Lipinski definition) is 0. The van der Waals surface area contributed by atoms with E-state index in [1.807, 2.05) is 42.6 Å². The molecule has 2 heterocycles. The van der Waals surface area contributed by atoms with Crippen LogP contribution in [0.2, 0.25) is 5.02 Å². The van der Waals surface area contributed by atoms with Gasteiger partial charge in [0, 0.05) is 17.1 Å². The fraction of sp³-hybridized carbons (Fsp3) is 0.143. The Bertz CT molecular complexity index is 633. The molecule has 3 rings (SSSR count). The summed E-state index contributed by atoms with van der Waals surface area (Å²) in [6, 6.07) is 7.38. The zero-order chi connectivity index (χ0) is 13.1. The van der Waals surface area contributed by atoms with Crippen LogP contribution in [0.15, 0.2) is 53.2 Å². The Balaban J connectivity index is 1.76. The van der Waals surface area contributed by atoms with E-state index in [1.165, 1.54) is 0 Å². The molecule has 0 bridgehead atoms. The topological polar surface area (TPSA) is 42.2 Å². The first-order valence-corrected chi connectivity index (χ1v) is 6.35. The molecule has 2 aromatic rings. The highest BCUT2D eigenvalue weighted by molar-refractivity contribution is 6.30. The second-order valence-electron chi connectivity index (χ2n) is 4.23. The molecule has 1 aromatic heterocycles. The third kappa shape index (κ3) is 2.85. The maximum atomic E-state index is 5.94. The first-order valence-electron chi connectivity index (χ1n) is 5.97. The second-order valence-corrected chi connectivity index (χ2v) is 4.66. The van der Waals surface area contributed by atoms with Crippen LogP contribution >= 0.6 is 11.6 Å². The molecule has 1 aliphatic rings. The Morgan fingerprint density at radius 2 is 2.26 bits per heavy atom. The van der Waals surface area contributed by atoms with E-state index in [0.717, 1.165) is 12.1 Å². The first kappa shape index (κ1) is 12.0. The van der Waals surface area contributed by atoms with Crippen LogP contribution in [0.4, 0.5) is 0 Å². The normalized spacial score (nSPS) is 14.1. The number of aromatic nitrogens is 2. The molecule has 1 aromatic carbocycles. The highest BCUT2D eigenvalue weighted by atomic mass is 35.5. The van der Waals surface area contributed by atoms with Gasteiger partial charge in [-0.1, -0.05) is 35.0 Å². The lowest BCUT2D eigenvalue weighted by Gasteiger charge is -2.17. The molecule has 5 heteroatoms. The molecular weight excluding hydrogens is 262 g/mol. The maximum absolute atomic E-state index is 5.94. The quantitative estimate of drug-likeness (QED) is 0.861. The van der Waals surface area contributed by atoms with Crippen molar-refractivity contribution in [3.05, 3.63) is 59.5 Å². The van der Waals surface area contributed by atoms with Crippen molar-refractivity contribution in [3.8, 4) is 11.5 Å². The van der Waals surface area contributed by atoms with Gasteiger partial charge >= 0.3 is 0 Å². The van der Waals surface area contributed by atoms with Crippen LogP contribution in [0.3, 0.4) is 0 Å². The number of nitrogens with zero attached hydrogens (tertiary/aromatic N) is 3. The van der Waals surface area contributed by atoms with Gasteiger partial charge in [0.2, 0.25) is 0 Å². The second kappa shape index (κ2) is 5.28. The van der Waals surface area contributed by atoms with Crippen LogP contribution in [0.5, 0.6) is 0 Å². The van der Waals surface area contributed by atoms with E-state index in [2.05, 4.69) is 21.1 Å². The molecular formula is C14H12ClN3O. The summed E-state index contributed by atoms with van der Waals surface area (Å²) in [5.74, 6) is 1.16. The van der Waals surface area contributed by atoms with Gasteiger partial charge in [-0.15, -0.1) is 0 Å². The monoisotopic (exact) mass is 273 g/mol. The Morgan fingerprint density at radius 3 is 3.05 bits per heavy atom. The summed E-state index contributed by atoms with van der Waals surface area (Å²) < 4.78 is 5.26. The smallest absolute Gasteiger partial charge is 0.258 e. The van der Waals surface area contributed by atoms with Crippen molar-refractivity contribution < 1.29 is 4.52 Å². The number of hydrogen-bond acceptors (Lipinski definition) is 4. The summed E-state index contributed by atoms with van der Waals surface area (Å²) in [6.07, 6.45) is 8.10. The van der Waals surface area contributed by atoms with E-state index in [-0.39, 0.29) is 0 Å². The predicted molar refractivity (Wildman–Crippen MR) is 73.4 cm³/mol. The lowest BCUT2D eigenvalue weighted by Crippen LogP contribution is -2.18. The molecule has 0 N–H and O–H groups in total. The number of rotatable bonds is 3. The number of benzene rings is 1. The van der Waals surface area contributed by atoms with Crippen LogP contribution < -0.4 is 0 Å². The standard InChI is InChI=1S/C14H12ClN3O/c15-12-6-4-5-11(9-12)14-16-13(17-19-14)10-18-7-2-1-3-8-18/h1-7,9H,8,10H2. The Hall–Kier alpha value is -2.07.